The van der Waals surface area contributed by atoms with Crippen LogP contribution in [0, 0.1) is 19.1 Å². The molecule has 0 bridgehead atoms. The minimum Gasteiger partial charge on any atom is -0.492 e. The monoisotopic (exact) mass is 212 g/mol. The van der Waals surface area contributed by atoms with Gasteiger partial charge in [0.1, 0.15) is 5.75 Å². The van der Waals surface area contributed by atoms with E-state index < -0.39 is 0 Å². The van der Waals surface area contributed by atoms with Crippen LogP contribution in [0.25, 0.3) is 0 Å². The summed E-state index contributed by atoms with van der Waals surface area (Å²) in [6.07, 6.45) is 0. The lowest BCUT2D eigenvalue weighted by molar-refractivity contribution is 0.343. The largest absolute Gasteiger partial charge is 0.492 e. The Morgan fingerprint density at radius 2 is 2.18 bits per heavy atom. The van der Waals surface area contributed by atoms with E-state index in [0.29, 0.717) is 6.61 Å². The van der Waals surface area contributed by atoms with Gasteiger partial charge in [-0.2, -0.15) is 0 Å². The van der Waals surface area contributed by atoms with Crippen LogP contribution in [0.3, 0.4) is 0 Å². The molecule has 0 N–H and O–H groups in total. The van der Waals surface area contributed by atoms with Gasteiger partial charge in [-0.05, 0) is 13.0 Å². The smallest absolute Gasteiger partial charge is 0.131 e. The highest BCUT2D eigenvalue weighted by atomic mass is 79.9. The van der Waals surface area contributed by atoms with E-state index in [1.165, 1.54) is 0 Å². The van der Waals surface area contributed by atoms with Gasteiger partial charge in [0.25, 0.3) is 0 Å². The quantitative estimate of drug-likeness (QED) is 0.700. The maximum atomic E-state index is 5.39. The van der Waals surface area contributed by atoms with Crippen LogP contribution in [0.2, 0.25) is 0 Å². The predicted octanol–water partition coefficient (Wildman–Crippen LogP) is 2.37. The summed E-state index contributed by atoms with van der Waals surface area (Å²) in [5.41, 5.74) is 1.10. The number of alkyl halides is 1. The lowest BCUT2D eigenvalue weighted by atomic mass is 10.2. The first-order valence-corrected chi connectivity index (χ1v) is 4.54. The second-order valence-corrected chi connectivity index (χ2v) is 2.96. The summed E-state index contributed by atoms with van der Waals surface area (Å²) >= 11 is 3.29. The lowest BCUT2D eigenvalue weighted by Crippen LogP contribution is -1.98. The maximum Gasteiger partial charge on any atom is 0.131 e. The van der Waals surface area contributed by atoms with Crippen molar-refractivity contribution in [1.29, 1.82) is 0 Å². The van der Waals surface area contributed by atoms with Crippen molar-refractivity contribution in [3.8, 4) is 5.75 Å². The van der Waals surface area contributed by atoms with Gasteiger partial charge in [0.15, 0.2) is 0 Å². The molecular formula is C9H9BrO. The molecule has 0 aliphatic carbocycles. The zero-order valence-electron chi connectivity index (χ0n) is 6.36. The minimum absolute atomic E-state index is 0.693. The number of ether oxygens (including phenoxy) is 1. The number of aryl methyl sites for hydroxylation is 1. The van der Waals surface area contributed by atoms with E-state index in [-0.39, 0.29) is 0 Å². The van der Waals surface area contributed by atoms with Gasteiger partial charge in [0.05, 0.1) is 6.61 Å². The second kappa shape index (κ2) is 4.25. The van der Waals surface area contributed by atoms with Crippen molar-refractivity contribution in [3.63, 3.8) is 0 Å². The zero-order valence-corrected chi connectivity index (χ0v) is 7.94. The van der Waals surface area contributed by atoms with Crippen LogP contribution in [0.15, 0.2) is 12.1 Å². The van der Waals surface area contributed by atoms with Crippen LogP contribution in [0.5, 0.6) is 5.75 Å². The summed E-state index contributed by atoms with van der Waals surface area (Å²) in [7, 11) is 0. The Labute approximate surface area is 75.5 Å². The number of halogens is 1. The Kier molecular flexibility index (Phi) is 3.25. The van der Waals surface area contributed by atoms with Gasteiger partial charge in [0.2, 0.25) is 0 Å². The number of hydrogen-bond donors (Lipinski definition) is 0. The third-order valence-electron chi connectivity index (χ3n) is 1.30. The zero-order chi connectivity index (χ0) is 8.10. The first-order chi connectivity index (χ1) is 5.34. The van der Waals surface area contributed by atoms with Crippen LogP contribution >= 0.6 is 15.9 Å². The summed E-state index contributed by atoms with van der Waals surface area (Å²) < 4.78 is 5.39. The topological polar surface area (TPSA) is 9.23 Å². The molecule has 0 aliphatic heterocycles. The highest BCUT2D eigenvalue weighted by Crippen LogP contribution is 2.13. The molecule has 0 saturated carbocycles. The van der Waals surface area contributed by atoms with E-state index in [0.717, 1.165) is 16.6 Å². The summed E-state index contributed by atoms with van der Waals surface area (Å²) in [6, 6.07) is 9.37. The van der Waals surface area contributed by atoms with Crippen molar-refractivity contribution in [3.05, 3.63) is 29.8 Å². The van der Waals surface area contributed by atoms with E-state index in [1.54, 1.807) is 6.07 Å². The van der Waals surface area contributed by atoms with Crippen LogP contribution in [0.1, 0.15) is 5.56 Å². The van der Waals surface area contributed by atoms with E-state index in [2.05, 4.69) is 28.1 Å². The first kappa shape index (κ1) is 8.42. The number of rotatable bonds is 3. The van der Waals surface area contributed by atoms with Crippen molar-refractivity contribution in [1.82, 2.24) is 0 Å². The molecule has 0 unspecified atom stereocenters. The van der Waals surface area contributed by atoms with Crippen molar-refractivity contribution < 1.29 is 4.74 Å². The molecule has 0 atom stereocenters. The summed E-state index contributed by atoms with van der Waals surface area (Å²) in [6.45, 7) is 2.69. The molecular weight excluding hydrogens is 204 g/mol. The van der Waals surface area contributed by atoms with Gasteiger partial charge >= 0.3 is 0 Å². The van der Waals surface area contributed by atoms with E-state index in [9.17, 15) is 0 Å². The third-order valence-corrected chi connectivity index (χ3v) is 1.62. The molecule has 1 rings (SSSR count). The molecule has 1 aromatic rings. The van der Waals surface area contributed by atoms with Gasteiger partial charge in [0, 0.05) is 17.0 Å². The molecule has 0 fully saturated rings. The summed E-state index contributed by atoms with van der Waals surface area (Å²) in [5.74, 6) is 0.892. The number of hydrogen-bond acceptors (Lipinski definition) is 1. The second-order valence-electron chi connectivity index (χ2n) is 2.16. The summed E-state index contributed by atoms with van der Waals surface area (Å²) in [4.78, 5) is 0. The van der Waals surface area contributed by atoms with E-state index in [4.69, 9.17) is 4.74 Å². The molecule has 0 amide bonds. The van der Waals surface area contributed by atoms with Crippen molar-refractivity contribution in [2.75, 3.05) is 11.9 Å². The predicted molar refractivity (Wildman–Crippen MR) is 48.1 cm³/mol. The molecule has 0 aliphatic rings. The molecule has 1 nitrogen and oxygen atoms in total. The molecule has 2 heteroatoms. The SMILES string of the molecule is Cc1cc#ccc1OCCBr. The first-order valence-electron chi connectivity index (χ1n) is 3.41. The highest BCUT2D eigenvalue weighted by molar-refractivity contribution is 9.09. The molecule has 0 saturated heterocycles. The molecule has 0 spiro atoms. The molecule has 0 radical (unpaired) electrons. The molecule has 0 heterocycles. The molecule has 58 valence electrons. The Bertz CT molecular complexity index is 223. The fraction of sp³-hybridized carbons (Fsp3) is 0.333. The standard InChI is InChI=1S/C9H9BrO/c1-8-4-2-3-5-9(8)11-7-6-10/h4-5H,6-7H2,1H3. The molecule has 11 heavy (non-hydrogen) atoms. The van der Waals surface area contributed by atoms with E-state index in [1.807, 2.05) is 13.0 Å². The van der Waals surface area contributed by atoms with Gasteiger partial charge in [-0.3, -0.25) is 0 Å². The van der Waals surface area contributed by atoms with Gasteiger partial charge in [-0.1, -0.05) is 28.1 Å². The minimum atomic E-state index is 0.693. The Morgan fingerprint density at radius 1 is 1.45 bits per heavy atom. The van der Waals surface area contributed by atoms with Crippen LogP contribution in [0.4, 0.5) is 0 Å². The fourth-order valence-corrected chi connectivity index (χ4v) is 0.908. The Hall–Kier alpha value is -0.680. The van der Waals surface area contributed by atoms with Crippen molar-refractivity contribution in [2.24, 2.45) is 0 Å². The van der Waals surface area contributed by atoms with Crippen molar-refractivity contribution in [2.45, 2.75) is 6.92 Å². The molecule has 0 aromatic heterocycles. The normalized spacial score (nSPS) is 8.91. The van der Waals surface area contributed by atoms with Crippen LogP contribution < -0.4 is 4.74 Å². The van der Waals surface area contributed by atoms with Gasteiger partial charge < -0.3 is 4.74 Å². The maximum absolute atomic E-state index is 5.39. The Morgan fingerprint density at radius 3 is 2.82 bits per heavy atom. The fourth-order valence-electron chi connectivity index (χ4n) is 0.746. The van der Waals surface area contributed by atoms with E-state index >= 15 is 0 Å². The van der Waals surface area contributed by atoms with Crippen molar-refractivity contribution >= 4 is 15.9 Å². The average molecular weight is 213 g/mol. The highest BCUT2D eigenvalue weighted by Gasteiger charge is 1.94. The van der Waals surface area contributed by atoms with Gasteiger partial charge in [-0.15, -0.1) is 0 Å². The molecule has 1 aromatic carbocycles. The van der Waals surface area contributed by atoms with Gasteiger partial charge in [-0.25, -0.2) is 0 Å². The lowest BCUT2D eigenvalue weighted by Gasteiger charge is -2.03. The average Bonchev–Trinajstić information content (AvgIpc) is 2.03. The van der Waals surface area contributed by atoms with Crippen LogP contribution in [-0.4, -0.2) is 11.9 Å². The third kappa shape index (κ3) is 2.44. The van der Waals surface area contributed by atoms with Crippen LogP contribution in [-0.2, 0) is 0 Å². The summed E-state index contributed by atoms with van der Waals surface area (Å²) in [5, 5.41) is 0.852. The Balaban J connectivity index is 2.62.